The zero-order valence-electron chi connectivity index (χ0n) is 9.13. The molecule has 0 spiro atoms. The summed E-state index contributed by atoms with van der Waals surface area (Å²) < 4.78 is 44.3. The molecule has 0 unspecified atom stereocenters. The number of H-pyrrole nitrogens is 1. The number of nitrogens with two attached hydrogens (primary N) is 1. The van der Waals surface area contributed by atoms with Crippen molar-refractivity contribution in [2.45, 2.75) is 12.9 Å². The quantitative estimate of drug-likeness (QED) is 0.778. The standard InChI is InChI=1S/C9H9F3N2O4/c1-17-8(16)5-4(2-13)3-14-7(15)6(5)18-9(10,11)12/h3H,2,13H2,1H3,(H,14,15). The van der Waals surface area contributed by atoms with E-state index in [9.17, 15) is 22.8 Å². The first kappa shape index (κ1) is 14.0. The van der Waals surface area contributed by atoms with E-state index in [0.29, 0.717) is 0 Å². The summed E-state index contributed by atoms with van der Waals surface area (Å²) in [5, 5.41) is 0. The second-order valence-corrected chi connectivity index (χ2v) is 3.09. The van der Waals surface area contributed by atoms with Crippen LogP contribution in [0.25, 0.3) is 0 Å². The highest BCUT2D eigenvalue weighted by molar-refractivity contribution is 5.93. The molecule has 9 heteroatoms. The minimum atomic E-state index is -5.11. The Bertz CT molecular complexity index is 510. The number of rotatable bonds is 3. The summed E-state index contributed by atoms with van der Waals surface area (Å²) >= 11 is 0. The van der Waals surface area contributed by atoms with Gasteiger partial charge in [-0.15, -0.1) is 13.2 Å². The molecule has 0 saturated carbocycles. The van der Waals surface area contributed by atoms with Gasteiger partial charge in [0.2, 0.25) is 5.75 Å². The molecule has 0 aromatic carbocycles. The largest absolute Gasteiger partial charge is 0.573 e. The molecule has 0 bridgehead atoms. The molecule has 1 aromatic heterocycles. The molecule has 1 aromatic rings. The van der Waals surface area contributed by atoms with Gasteiger partial charge in [-0.1, -0.05) is 0 Å². The molecule has 1 rings (SSSR count). The van der Waals surface area contributed by atoms with Crippen LogP contribution < -0.4 is 16.0 Å². The van der Waals surface area contributed by atoms with E-state index in [2.05, 4.69) is 9.47 Å². The molecule has 3 N–H and O–H groups in total. The van der Waals surface area contributed by atoms with Crippen LogP contribution in [0.3, 0.4) is 0 Å². The van der Waals surface area contributed by atoms with Crippen LogP contribution in [0.5, 0.6) is 5.75 Å². The molecular formula is C9H9F3N2O4. The van der Waals surface area contributed by atoms with Gasteiger partial charge in [0.05, 0.1) is 7.11 Å². The fourth-order valence-corrected chi connectivity index (χ4v) is 1.25. The minimum Gasteiger partial charge on any atom is -0.465 e. The van der Waals surface area contributed by atoms with Crippen LogP contribution in [0.1, 0.15) is 15.9 Å². The first-order valence-electron chi connectivity index (χ1n) is 4.58. The lowest BCUT2D eigenvalue weighted by Crippen LogP contribution is -2.27. The van der Waals surface area contributed by atoms with Crippen LogP contribution in [-0.2, 0) is 11.3 Å². The van der Waals surface area contributed by atoms with Crippen molar-refractivity contribution in [3.63, 3.8) is 0 Å². The van der Waals surface area contributed by atoms with Crippen molar-refractivity contribution in [2.24, 2.45) is 5.73 Å². The molecule has 0 saturated heterocycles. The van der Waals surface area contributed by atoms with Crippen molar-refractivity contribution in [2.75, 3.05) is 7.11 Å². The Hall–Kier alpha value is -2.03. The van der Waals surface area contributed by atoms with E-state index in [0.717, 1.165) is 13.3 Å². The summed E-state index contributed by atoms with van der Waals surface area (Å²) in [7, 11) is 0.960. The number of pyridine rings is 1. The van der Waals surface area contributed by atoms with Crippen molar-refractivity contribution < 1.29 is 27.4 Å². The fourth-order valence-electron chi connectivity index (χ4n) is 1.25. The maximum absolute atomic E-state index is 12.1. The average Bonchev–Trinajstić information content (AvgIpc) is 2.29. The lowest BCUT2D eigenvalue weighted by atomic mass is 10.1. The van der Waals surface area contributed by atoms with Gasteiger partial charge in [0, 0.05) is 18.3 Å². The van der Waals surface area contributed by atoms with E-state index < -0.39 is 29.2 Å². The Morgan fingerprint density at radius 2 is 2.11 bits per heavy atom. The predicted octanol–water partition coefficient (Wildman–Crippen LogP) is 0.519. The number of aromatic amines is 1. The van der Waals surface area contributed by atoms with Gasteiger partial charge in [-0.05, 0) is 0 Å². The molecule has 0 radical (unpaired) electrons. The van der Waals surface area contributed by atoms with Gasteiger partial charge in [-0.2, -0.15) is 0 Å². The zero-order chi connectivity index (χ0) is 13.9. The van der Waals surface area contributed by atoms with E-state index in [1.165, 1.54) is 0 Å². The summed E-state index contributed by atoms with van der Waals surface area (Å²) in [5.74, 6) is -2.32. The third-order valence-corrected chi connectivity index (χ3v) is 1.96. The van der Waals surface area contributed by atoms with Gasteiger partial charge in [-0.25, -0.2) is 4.79 Å². The Balaban J connectivity index is 3.46. The van der Waals surface area contributed by atoms with E-state index in [1.54, 1.807) is 0 Å². The highest BCUT2D eigenvalue weighted by atomic mass is 19.4. The van der Waals surface area contributed by atoms with Crippen molar-refractivity contribution in [3.05, 3.63) is 27.7 Å². The number of hydrogen-bond donors (Lipinski definition) is 2. The number of halogens is 3. The number of ether oxygens (including phenoxy) is 2. The molecule has 18 heavy (non-hydrogen) atoms. The van der Waals surface area contributed by atoms with Crippen LogP contribution in [-0.4, -0.2) is 24.4 Å². The first-order chi connectivity index (χ1) is 8.30. The summed E-state index contributed by atoms with van der Waals surface area (Å²) in [5.41, 5.74) is 3.39. The Morgan fingerprint density at radius 3 is 2.56 bits per heavy atom. The summed E-state index contributed by atoms with van der Waals surface area (Å²) in [4.78, 5) is 24.6. The lowest BCUT2D eigenvalue weighted by Gasteiger charge is -2.13. The molecule has 100 valence electrons. The molecule has 0 aliphatic carbocycles. The number of aromatic nitrogens is 1. The summed E-state index contributed by atoms with van der Waals surface area (Å²) in [6.07, 6.45) is -4.08. The van der Waals surface area contributed by atoms with Gasteiger partial charge >= 0.3 is 12.3 Å². The van der Waals surface area contributed by atoms with Crippen LogP contribution in [0.4, 0.5) is 13.2 Å². The van der Waals surface area contributed by atoms with Crippen molar-refractivity contribution in [3.8, 4) is 5.75 Å². The Labute approximate surface area is 98.5 Å². The Kier molecular flexibility index (Phi) is 3.96. The average molecular weight is 266 g/mol. The third-order valence-electron chi connectivity index (χ3n) is 1.96. The molecule has 0 amide bonds. The highest BCUT2D eigenvalue weighted by Crippen LogP contribution is 2.25. The van der Waals surface area contributed by atoms with Crippen LogP contribution >= 0.6 is 0 Å². The molecular weight excluding hydrogens is 257 g/mol. The Morgan fingerprint density at radius 1 is 1.50 bits per heavy atom. The summed E-state index contributed by atoms with van der Waals surface area (Å²) in [6, 6.07) is 0. The third kappa shape index (κ3) is 3.00. The van der Waals surface area contributed by atoms with Gasteiger partial charge in [-0.3, -0.25) is 4.79 Å². The fraction of sp³-hybridized carbons (Fsp3) is 0.333. The maximum Gasteiger partial charge on any atom is 0.573 e. The second-order valence-electron chi connectivity index (χ2n) is 3.09. The van der Waals surface area contributed by atoms with Gasteiger partial charge in [0.15, 0.2) is 0 Å². The van der Waals surface area contributed by atoms with E-state index in [1.807, 2.05) is 4.98 Å². The molecule has 0 aliphatic rings. The number of methoxy groups -OCH3 is 1. The maximum atomic E-state index is 12.1. The van der Waals surface area contributed by atoms with E-state index in [-0.39, 0.29) is 12.1 Å². The summed E-state index contributed by atoms with van der Waals surface area (Å²) in [6.45, 7) is -0.268. The van der Waals surface area contributed by atoms with Crippen molar-refractivity contribution >= 4 is 5.97 Å². The van der Waals surface area contributed by atoms with Gasteiger partial charge in [0.1, 0.15) is 5.56 Å². The first-order valence-corrected chi connectivity index (χ1v) is 4.58. The SMILES string of the molecule is COC(=O)c1c(CN)c[nH]c(=O)c1OC(F)(F)F. The molecule has 0 aliphatic heterocycles. The molecule has 0 atom stereocenters. The zero-order valence-corrected chi connectivity index (χ0v) is 9.13. The molecule has 6 nitrogen and oxygen atoms in total. The van der Waals surface area contributed by atoms with Gasteiger partial charge in [0.25, 0.3) is 5.56 Å². The second kappa shape index (κ2) is 5.08. The van der Waals surface area contributed by atoms with Crippen LogP contribution in [0.15, 0.2) is 11.0 Å². The topological polar surface area (TPSA) is 94.4 Å². The number of carbonyl (C=O) groups is 1. The highest BCUT2D eigenvalue weighted by Gasteiger charge is 2.35. The normalized spacial score (nSPS) is 11.2. The molecule has 0 fully saturated rings. The van der Waals surface area contributed by atoms with Crippen molar-refractivity contribution in [1.82, 2.24) is 4.98 Å². The van der Waals surface area contributed by atoms with E-state index >= 15 is 0 Å². The van der Waals surface area contributed by atoms with Gasteiger partial charge < -0.3 is 20.2 Å². The van der Waals surface area contributed by atoms with Crippen LogP contribution in [0, 0.1) is 0 Å². The van der Waals surface area contributed by atoms with Crippen molar-refractivity contribution in [1.29, 1.82) is 0 Å². The number of esters is 1. The monoisotopic (exact) mass is 266 g/mol. The minimum absolute atomic E-state index is 0.0271. The predicted molar refractivity (Wildman–Crippen MR) is 53.0 cm³/mol. The van der Waals surface area contributed by atoms with E-state index in [4.69, 9.17) is 5.73 Å². The number of hydrogen-bond acceptors (Lipinski definition) is 5. The smallest absolute Gasteiger partial charge is 0.465 e. The molecule has 1 heterocycles. The van der Waals surface area contributed by atoms with Crippen LogP contribution in [0.2, 0.25) is 0 Å². The number of nitrogens with one attached hydrogen (secondary N) is 1. The lowest BCUT2D eigenvalue weighted by molar-refractivity contribution is -0.275. The number of carbonyl (C=O) groups excluding carboxylic acids is 1. The number of alkyl halides is 3.